The van der Waals surface area contributed by atoms with E-state index in [9.17, 15) is 9.90 Å². The number of rotatable bonds is 2. The Kier molecular flexibility index (Phi) is 2.74. The molecule has 0 spiro atoms. The number of phenolic OH excluding ortho intramolecular Hbond substituents is 1. The molecule has 2 rings (SSSR count). The first-order valence-electron chi connectivity index (χ1n) is 4.32. The van der Waals surface area contributed by atoms with Gasteiger partial charge in [-0.1, -0.05) is 11.6 Å². The van der Waals surface area contributed by atoms with E-state index in [0.29, 0.717) is 5.69 Å². The van der Waals surface area contributed by atoms with Crippen LogP contribution < -0.4 is 5.32 Å². The zero-order valence-electron chi connectivity index (χ0n) is 7.94. The number of nitrogens with one attached hydrogen (secondary N) is 2. The lowest BCUT2D eigenvalue weighted by Gasteiger charge is -2.04. The average Bonchev–Trinajstić information content (AvgIpc) is 2.77. The number of carbonyl (C=O) groups is 1. The Labute approximate surface area is 95.3 Å². The highest BCUT2D eigenvalue weighted by Crippen LogP contribution is 2.26. The largest absolute Gasteiger partial charge is 0.506 e. The summed E-state index contributed by atoms with van der Waals surface area (Å²) in [7, 11) is 0. The Hall–Kier alpha value is -2.08. The molecule has 0 bridgehead atoms. The van der Waals surface area contributed by atoms with E-state index in [0.717, 1.165) is 0 Å². The molecule has 2 aromatic rings. The van der Waals surface area contributed by atoms with E-state index in [1.54, 1.807) is 0 Å². The topological polar surface area (TPSA) is 90.9 Å². The highest BCUT2D eigenvalue weighted by atomic mass is 35.5. The molecule has 0 aliphatic carbocycles. The molecule has 1 aromatic heterocycles. The standard InChI is InChI=1S/C9H7ClN4O2/c10-6-3-5(1-2-7(6)15)13-9(16)8-11-4-12-14-8/h1-4,15H,(H,13,16)(H,11,12,14). The van der Waals surface area contributed by atoms with E-state index in [-0.39, 0.29) is 16.6 Å². The van der Waals surface area contributed by atoms with Gasteiger partial charge in [0.1, 0.15) is 12.1 Å². The number of aromatic amines is 1. The number of aromatic nitrogens is 3. The van der Waals surface area contributed by atoms with Gasteiger partial charge in [-0.25, -0.2) is 4.98 Å². The first kappa shape index (κ1) is 10.4. The highest BCUT2D eigenvalue weighted by molar-refractivity contribution is 6.32. The summed E-state index contributed by atoms with van der Waals surface area (Å²) < 4.78 is 0. The number of hydrogen-bond acceptors (Lipinski definition) is 4. The van der Waals surface area contributed by atoms with Gasteiger partial charge in [-0.3, -0.25) is 9.89 Å². The van der Waals surface area contributed by atoms with E-state index in [2.05, 4.69) is 20.5 Å². The minimum atomic E-state index is -0.431. The van der Waals surface area contributed by atoms with Crippen molar-refractivity contribution in [3.8, 4) is 5.75 Å². The molecule has 0 unspecified atom stereocenters. The number of carbonyl (C=O) groups excluding carboxylic acids is 1. The zero-order valence-corrected chi connectivity index (χ0v) is 8.69. The maximum atomic E-state index is 11.5. The maximum absolute atomic E-state index is 11.5. The van der Waals surface area contributed by atoms with Crippen molar-refractivity contribution in [2.24, 2.45) is 0 Å². The van der Waals surface area contributed by atoms with E-state index in [1.807, 2.05) is 0 Å². The minimum absolute atomic E-state index is 0.0423. The van der Waals surface area contributed by atoms with Crippen LogP contribution in [-0.4, -0.2) is 26.2 Å². The van der Waals surface area contributed by atoms with Crippen LogP contribution in [0.5, 0.6) is 5.75 Å². The molecule has 82 valence electrons. The summed E-state index contributed by atoms with van der Waals surface area (Å²) in [5, 5.41) is 17.9. The third kappa shape index (κ3) is 2.12. The van der Waals surface area contributed by atoms with Gasteiger partial charge in [0.25, 0.3) is 5.91 Å². The monoisotopic (exact) mass is 238 g/mol. The van der Waals surface area contributed by atoms with Gasteiger partial charge in [0, 0.05) is 5.69 Å². The van der Waals surface area contributed by atoms with Crippen molar-refractivity contribution >= 4 is 23.2 Å². The summed E-state index contributed by atoms with van der Waals surface area (Å²) in [5.74, 6) is -0.372. The number of aromatic hydroxyl groups is 1. The number of nitrogens with zero attached hydrogens (tertiary/aromatic N) is 2. The van der Waals surface area contributed by atoms with Crippen LogP contribution in [0.15, 0.2) is 24.5 Å². The molecular formula is C9H7ClN4O2. The number of H-pyrrole nitrogens is 1. The van der Waals surface area contributed by atoms with Gasteiger partial charge in [-0.15, -0.1) is 0 Å². The Bertz CT molecular complexity index is 512. The second-order valence-corrected chi connectivity index (χ2v) is 3.36. The lowest BCUT2D eigenvalue weighted by molar-refractivity contribution is 0.101. The number of hydrogen-bond donors (Lipinski definition) is 3. The number of anilines is 1. The maximum Gasteiger partial charge on any atom is 0.292 e. The fourth-order valence-electron chi connectivity index (χ4n) is 1.09. The van der Waals surface area contributed by atoms with Crippen LogP contribution in [0.25, 0.3) is 0 Å². The SMILES string of the molecule is O=C(Nc1ccc(O)c(Cl)c1)c1ncn[nH]1. The molecule has 0 atom stereocenters. The van der Waals surface area contributed by atoms with E-state index < -0.39 is 5.91 Å². The normalized spacial score (nSPS) is 10.1. The summed E-state index contributed by atoms with van der Waals surface area (Å²) in [6, 6.07) is 4.35. The lowest BCUT2D eigenvalue weighted by atomic mass is 10.3. The predicted molar refractivity (Wildman–Crippen MR) is 57.5 cm³/mol. The molecule has 7 heteroatoms. The van der Waals surface area contributed by atoms with Gasteiger partial charge in [0.15, 0.2) is 0 Å². The predicted octanol–water partition coefficient (Wildman–Crippen LogP) is 1.42. The first-order valence-corrected chi connectivity index (χ1v) is 4.70. The van der Waals surface area contributed by atoms with Crippen LogP contribution in [0.2, 0.25) is 5.02 Å². The Morgan fingerprint density at radius 2 is 2.31 bits per heavy atom. The van der Waals surface area contributed by atoms with Gasteiger partial charge in [-0.2, -0.15) is 5.10 Å². The first-order chi connectivity index (χ1) is 7.66. The summed E-state index contributed by atoms with van der Waals surface area (Å²) >= 11 is 5.69. The molecule has 0 radical (unpaired) electrons. The molecule has 16 heavy (non-hydrogen) atoms. The van der Waals surface area contributed by atoms with Crippen molar-refractivity contribution in [3.63, 3.8) is 0 Å². The van der Waals surface area contributed by atoms with Crippen LogP contribution in [0.1, 0.15) is 10.6 Å². The molecule has 1 amide bonds. The average molecular weight is 239 g/mol. The van der Waals surface area contributed by atoms with Gasteiger partial charge in [0.05, 0.1) is 5.02 Å². The fraction of sp³-hybridized carbons (Fsp3) is 0. The van der Waals surface area contributed by atoms with Crippen LogP contribution in [0.3, 0.4) is 0 Å². The lowest BCUT2D eigenvalue weighted by Crippen LogP contribution is -2.13. The quantitative estimate of drug-likeness (QED) is 0.690. The molecular weight excluding hydrogens is 232 g/mol. The molecule has 0 saturated carbocycles. The van der Waals surface area contributed by atoms with Crippen molar-refractivity contribution < 1.29 is 9.90 Å². The number of amides is 1. The summed E-state index contributed by atoms with van der Waals surface area (Å²) in [6.07, 6.45) is 1.23. The molecule has 0 fully saturated rings. The van der Waals surface area contributed by atoms with E-state index in [1.165, 1.54) is 24.5 Å². The van der Waals surface area contributed by atoms with Crippen LogP contribution in [0.4, 0.5) is 5.69 Å². The van der Waals surface area contributed by atoms with E-state index >= 15 is 0 Å². The zero-order chi connectivity index (χ0) is 11.5. The number of benzene rings is 1. The molecule has 1 aromatic carbocycles. The van der Waals surface area contributed by atoms with Crippen molar-refractivity contribution in [3.05, 3.63) is 35.4 Å². The molecule has 1 heterocycles. The number of halogens is 1. The van der Waals surface area contributed by atoms with Crippen LogP contribution in [-0.2, 0) is 0 Å². The highest BCUT2D eigenvalue weighted by Gasteiger charge is 2.09. The second kappa shape index (κ2) is 4.19. The molecule has 3 N–H and O–H groups in total. The molecule has 0 saturated heterocycles. The van der Waals surface area contributed by atoms with Gasteiger partial charge in [0.2, 0.25) is 5.82 Å². The summed E-state index contributed by atoms with van der Waals surface area (Å²) in [4.78, 5) is 15.2. The van der Waals surface area contributed by atoms with Gasteiger partial charge >= 0.3 is 0 Å². The van der Waals surface area contributed by atoms with Crippen molar-refractivity contribution in [2.75, 3.05) is 5.32 Å². The van der Waals surface area contributed by atoms with Crippen molar-refractivity contribution in [2.45, 2.75) is 0 Å². The van der Waals surface area contributed by atoms with E-state index in [4.69, 9.17) is 11.6 Å². The van der Waals surface area contributed by atoms with Crippen LogP contribution in [0, 0.1) is 0 Å². The molecule has 6 nitrogen and oxygen atoms in total. The fourth-order valence-corrected chi connectivity index (χ4v) is 1.27. The van der Waals surface area contributed by atoms with Gasteiger partial charge < -0.3 is 10.4 Å². The van der Waals surface area contributed by atoms with Crippen molar-refractivity contribution in [1.29, 1.82) is 0 Å². The molecule has 0 aliphatic rings. The third-order valence-corrected chi connectivity index (χ3v) is 2.14. The number of phenols is 1. The Morgan fingerprint density at radius 3 is 2.94 bits per heavy atom. The smallest absolute Gasteiger partial charge is 0.292 e. The Balaban J connectivity index is 2.15. The Morgan fingerprint density at radius 1 is 1.50 bits per heavy atom. The summed E-state index contributed by atoms with van der Waals surface area (Å²) in [6.45, 7) is 0. The molecule has 0 aliphatic heterocycles. The van der Waals surface area contributed by atoms with Crippen molar-refractivity contribution in [1.82, 2.24) is 15.2 Å². The van der Waals surface area contributed by atoms with Crippen LogP contribution >= 0.6 is 11.6 Å². The van der Waals surface area contributed by atoms with Gasteiger partial charge in [-0.05, 0) is 18.2 Å². The third-order valence-electron chi connectivity index (χ3n) is 1.84. The summed E-state index contributed by atoms with van der Waals surface area (Å²) in [5.41, 5.74) is 0.462. The second-order valence-electron chi connectivity index (χ2n) is 2.95. The minimum Gasteiger partial charge on any atom is -0.506 e.